The summed E-state index contributed by atoms with van der Waals surface area (Å²) in [5.41, 5.74) is 1.61. The van der Waals surface area contributed by atoms with E-state index >= 15 is 0 Å². The molecule has 0 spiro atoms. The Hall–Kier alpha value is -3.94. The molecule has 0 unspecified atom stereocenters. The number of carbonyl (C=O) groups excluding carboxylic acids is 1. The predicted octanol–water partition coefficient (Wildman–Crippen LogP) is 2.14. The monoisotopic (exact) mass is 392 g/mol. The van der Waals surface area contributed by atoms with Gasteiger partial charge in [-0.3, -0.25) is 9.59 Å². The van der Waals surface area contributed by atoms with Gasteiger partial charge >= 0.3 is 5.69 Å². The molecular weight excluding hydrogens is 375 g/mol. The molecule has 4 rings (SSSR count). The smallest absolute Gasteiger partial charge is 0.329 e. The Morgan fingerprint density at radius 2 is 1.72 bits per heavy atom. The van der Waals surface area contributed by atoms with Crippen LogP contribution >= 0.6 is 0 Å². The van der Waals surface area contributed by atoms with Crippen LogP contribution in [0.5, 0.6) is 0 Å². The summed E-state index contributed by atoms with van der Waals surface area (Å²) in [6.45, 7) is -0.264. The number of halogens is 1. The molecule has 8 heteroatoms. The van der Waals surface area contributed by atoms with Crippen LogP contribution in [0.4, 0.5) is 4.39 Å². The van der Waals surface area contributed by atoms with Crippen molar-refractivity contribution in [2.75, 3.05) is 0 Å². The minimum Gasteiger partial charge on any atom is -0.355 e. The van der Waals surface area contributed by atoms with Crippen molar-refractivity contribution in [2.24, 2.45) is 0 Å². The molecule has 2 heterocycles. The van der Waals surface area contributed by atoms with Gasteiger partial charge in [-0.15, -0.1) is 0 Å². The standard InChI is InChI=1S/C21H17FN4O3/c22-15-8-6-13(7-9-15)10-23-17(27)12-26-20(28)19-18(25-21(26)29)16(11-24-19)14-4-2-1-3-5-14/h1-9,11,24H,10,12H2,(H,23,27)(H,25,29). The molecule has 0 bridgehead atoms. The summed E-state index contributed by atoms with van der Waals surface area (Å²) in [5, 5.41) is 2.62. The first-order chi connectivity index (χ1) is 14.0. The van der Waals surface area contributed by atoms with Crippen LogP contribution in [0.25, 0.3) is 22.2 Å². The molecule has 0 saturated carbocycles. The number of carbonyl (C=O) groups is 1. The summed E-state index contributed by atoms with van der Waals surface area (Å²) in [6.07, 6.45) is 1.65. The van der Waals surface area contributed by atoms with E-state index in [4.69, 9.17) is 0 Å². The molecule has 0 atom stereocenters. The maximum atomic E-state index is 12.9. The highest BCUT2D eigenvalue weighted by Gasteiger charge is 2.15. The number of hydrogen-bond donors (Lipinski definition) is 3. The van der Waals surface area contributed by atoms with Gasteiger partial charge in [0.05, 0.1) is 5.52 Å². The molecule has 3 N–H and O–H groups in total. The van der Waals surface area contributed by atoms with Gasteiger partial charge in [0, 0.05) is 18.3 Å². The van der Waals surface area contributed by atoms with Crippen molar-refractivity contribution in [3.63, 3.8) is 0 Å². The number of aromatic nitrogens is 3. The Bertz CT molecular complexity index is 1290. The van der Waals surface area contributed by atoms with Gasteiger partial charge in [-0.1, -0.05) is 42.5 Å². The quantitative estimate of drug-likeness (QED) is 0.485. The minimum absolute atomic E-state index is 0.161. The van der Waals surface area contributed by atoms with E-state index in [2.05, 4.69) is 15.3 Å². The van der Waals surface area contributed by atoms with Crippen molar-refractivity contribution in [1.29, 1.82) is 0 Å². The molecule has 29 heavy (non-hydrogen) atoms. The Balaban J connectivity index is 1.58. The van der Waals surface area contributed by atoms with E-state index in [1.54, 1.807) is 18.3 Å². The largest absolute Gasteiger partial charge is 0.355 e. The summed E-state index contributed by atoms with van der Waals surface area (Å²) < 4.78 is 13.8. The van der Waals surface area contributed by atoms with Crippen molar-refractivity contribution in [3.8, 4) is 11.1 Å². The van der Waals surface area contributed by atoms with Crippen LogP contribution in [0.15, 0.2) is 70.4 Å². The zero-order valence-electron chi connectivity index (χ0n) is 15.2. The number of hydrogen-bond acceptors (Lipinski definition) is 3. The lowest BCUT2D eigenvalue weighted by Gasteiger charge is -2.07. The predicted molar refractivity (Wildman–Crippen MR) is 107 cm³/mol. The number of H-pyrrole nitrogens is 2. The third-order valence-electron chi connectivity index (χ3n) is 4.61. The van der Waals surface area contributed by atoms with Crippen LogP contribution in [0.3, 0.4) is 0 Å². The van der Waals surface area contributed by atoms with E-state index in [0.717, 1.165) is 10.1 Å². The Kier molecular flexibility index (Phi) is 4.82. The van der Waals surface area contributed by atoms with E-state index in [0.29, 0.717) is 16.6 Å². The third kappa shape index (κ3) is 3.73. The lowest BCUT2D eigenvalue weighted by Crippen LogP contribution is -2.40. The van der Waals surface area contributed by atoms with Crippen molar-refractivity contribution in [2.45, 2.75) is 13.1 Å². The molecule has 0 radical (unpaired) electrons. The van der Waals surface area contributed by atoms with Gasteiger partial charge in [0.15, 0.2) is 0 Å². The summed E-state index contributed by atoms with van der Waals surface area (Å²) in [6, 6.07) is 15.0. The molecule has 146 valence electrons. The van der Waals surface area contributed by atoms with Crippen LogP contribution in [0, 0.1) is 5.82 Å². The first-order valence-corrected chi connectivity index (χ1v) is 8.93. The lowest BCUT2D eigenvalue weighted by molar-refractivity contribution is -0.121. The molecule has 0 fully saturated rings. The molecule has 0 aliphatic heterocycles. The van der Waals surface area contributed by atoms with Crippen LogP contribution in [0.2, 0.25) is 0 Å². The normalized spacial score (nSPS) is 10.9. The second-order valence-corrected chi connectivity index (χ2v) is 6.54. The lowest BCUT2D eigenvalue weighted by atomic mass is 10.1. The fraction of sp³-hybridized carbons (Fsp3) is 0.0952. The Morgan fingerprint density at radius 1 is 1.00 bits per heavy atom. The van der Waals surface area contributed by atoms with E-state index in [-0.39, 0.29) is 17.9 Å². The molecule has 7 nitrogen and oxygen atoms in total. The first-order valence-electron chi connectivity index (χ1n) is 8.93. The highest BCUT2D eigenvalue weighted by Crippen LogP contribution is 2.24. The number of nitrogens with zero attached hydrogens (tertiary/aromatic N) is 1. The molecule has 4 aromatic rings. The Labute approximate surface area is 163 Å². The Morgan fingerprint density at radius 3 is 2.45 bits per heavy atom. The molecule has 1 amide bonds. The molecule has 2 aromatic heterocycles. The molecule has 0 aliphatic carbocycles. The van der Waals surface area contributed by atoms with Gasteiger partial charge in [0.2, 0.25) is 5.91 Å². The third-order valence-corrected chi connectivity index (χ3v) is 4.61. The molecule has 0 aliphatic rings. The average molecular weight is 392 g/mol. The van der Waals surface area contributed by atoms with Crippen molar-refractivity contribution in [3.05, 3.63) is 93.0 Å². The van der Waals surface area contributed by atoms with E-state index in [1.165, 1.54) is 12.1 Å². The minimum atomic E-state index is -0.670. The number of nitrogens with one attached hydrogen (secondary N) is 3. The fourth-order valence-corrected chi connectivity index (χ4v) is 3.11. The zero-order valence-corrected chi connectivity index (χ0v) is 15.2. The van der Waals surface area contributed by atoms with Gasteiger partial charge in [0.25, 0.3) is 5.56 Å². The zero-order chi connectivity index (χ0) is 20.4. The number of rotatable bonds is 5. The summed E-state index contributed by atoms with van der Waals surface area (Å²) >= 11 is 0. The van der Waals surface area contributed by atoms with E-state index in [1.807, 2.05) is 30.3 Å². The van der Waals surface area contributed by atoms with E-state index < -0.39 is 23.7 Å². The van der Waals surface area contributed by atoms with Crippen LogP contribution in [-0.2, 0) is 17.9 Å². The number of amides is 1. The topological polar surface area (TPSA) is 99.8 Å². The summed E-state index contributed by atoms with van der Waals surface area (Å²) in [7, 11) is 0. The maximum Gasteiger partial charge on any atom is 0.329 e. The SMILES string of the molecule is O=C(Cn1c(=O)[nH]c2c(-c3ccccc3)c[nH]c2c1=O)NCc1ccc(F)cc1. The van der Waals surface area contributed by atoms with Crippen molar-refractivity contribution in [1.82, 2.24) is 19.9 Å². The van der Waals surface area contributed by atoms with E-state index in [9.17, 15) is 18.8 Å². The molecule has 0 saturated heterocycles. The highest BCUT2D eigenvalue weighted by molar-refractivity contribution is 5.91. The van der Waals surface area contributed by atoms with Crippen molar-refractivity contribution >= 4 is 16.9 Å². The van der Waals surface area contributed by atoms with Crippen molar-refractivity contribution < 1.29 is 9.18 Å². The molecular formula is C21H17FN4O3. The van der Waals surface area contributed by atoms with Gasteiger partial charge in [-0.25, -0.2) is 13.8 Å². The highest BCUT2D eigenvalue weighted by atomic mass is 19.1. The van der Waals surface area contributed by atoms with Crippen LogP contribution in [0.1, 0.15) is 5.56 Å². The average Bonchev–Trinajstić information content (AvgIpc) is 3.15. The van der Waals surface area contributed by atoms with Gasteiger partial charge in [0.1, 0.15) is 17.9 Å². The molecule has 2 aromatic carbocycles. The number of benzene rings is 2. The van der Waals surface area contributed by atoms with Crippen LogP contribution in [-0.4, -0.2) is 20.4 Å². The van der Waals surface area contributed by atoms with Gasteiger partial charge in [-0.05, 0) is 23.3 Å². The summed E-state index contributed by atoms with van der Waals surface area (Å²) in [4.78, 5) is 43.0. The second-order valence-electron chi connectivity index (χ2n) is 6.54. The number of aromatic amines is 2. The summed E-state index contributed by atoms with van der Waals surface area (Å²) in [5.74, 6) is -0.872. The van der Waals surface area contributed by atoms with Gasteiger partial charge < -0.3 is 15.3 Å². The number of fused-ring (bicyclic) bond motifs is 1. The fourth-order valence-electron chi connectivity index (χ4n) is 3.11. The maximum absolute atomic E-state index is 12.9. The van der Waals surface area contributed by atoms with Gasteiger partial charge in [-0.2, -0.15) is 0 Å². The first kappa shape index (κ1) is 18.4. The van der Waals surface area contributed by atoms with Crippen LogP contribution < -0.4 is 16.6 Å². The second kappa shape index (κ2) is 7.59.